The highest BCUT2D eigenvalue weighted by atomic mass is 16.4. The van der Waals surface area contributed by atoms with Gasteiger partial charge < -0.3 is 10.2 Å². The van der Waals surface area contributed by atoms with Crippen LogP contribution in [-0.2, 0) is 15.0 Å². The maximum Gasteiger partial charge on any atom is 0.303 e. The maximum atomic E-state index is 10.7. The molecule has 1 rings (SSSR count). The van der Waals surface area contributed by atoms with Crippen molar-refractivity contribution in [2.45, 2.75) is 31.1 Å². The van der Waals surface area contributed by atoms with Crippen LogP contribution in [-0.4, -0.2) is 22.2 Å². The average molecular weight is 261 g/mol. The van der Waals surface area contributed by atoms with Crippen LogP contribution in [0.25, 0.3) is 0 Å². The van der Waals surface area contributed by atoms with Crippen LogP contribution < -0.4 is 0 Å². The molecule has 0 aliphatic heterocycles. The van der Waals surface area contributed by atoms with Crippen LogP contribution >= 0.6 is 0 Å². The Balaban J connectivity index is 3.03. The minimum atomic E-state index is -1.06. The second-order valence-electron chi connectivity index (χ2n) is 4.35. The summed E-state index contributed by atoms with van der Waals surface area (Å²) in [6.45, 7) is 0. The Morgan fingerprint density at radius 1 is 1.05 bits per heavy atom. The van der Waals surface area contributed by atoms with E-state index in [0.717, 1.165) is 0 Å². The smallest absolute Gasteiger partial charge is 0.303 e. The minimum absolute atomic E-state index is 0.107. The zero-order valence-corrected chi connectivity index (χ0v) is 10.4. The van der Waals surface area contributed by atoms with E-state index >= 15 is 0 Å². The van der Waals surface area contributed by atoms with Crippen LogP contribution in [0.3, 0.4) is 0 Å². The molecule has 19 heavy (non-hydrogen) atoms. The molecule has 0 heterocycles. The van der Waals surface area contributed by atoms with Crippen LogP contribution in [0.4, 0.5) is 0 Å². The zero-order valence-electron chi connectivity index (χ0n) is 10.4. The molecule has 0 amide bonds. The van der Waals surface area contributed by atoms with Crippen molar-refractivity contribution in [2.24, 2.45) is 0 Å². The Morgan fingerprint density at radius 3 is 1.89 bits per heavy atom. The van der Waals surface area contributed by atoms with E-state index in [0.29, 0.717) is 5.56 Å². The monoisotopic (exact) mass is 261 g/mol. The van der Waals surface area contributed by atoms with E-state index in [4.69, 9.17) is 10.2 Å². The quantitative estimate of drug-likeness (QED) is 0.783. The van der Waals surface area contributed by atoms with E-state index in [1.165, 1.54) is 0 Å². The number of carbonyl (C=O) groups is 2. The molecular weight excluding hydrogens is 246 g/mol. The Morgan fingerprint density at radius 2 is 1.53 bits per heavy atom. The number of benzene rings is 1. The fourth-order valence-corrected chi connectivity index (χ4v) is 1.99. The van der Waals surface area contributed by atoms with Crippen LogP contribution in [0.5, 0.6) is 0 Å². The third-order valence-electron chi connectivity index (χ3n) is 3.07. The van der Waals surface area contributed by atoms with Gasteiger partial charge in [0.05, 0.1) is 11.5 Å². The highest BCUT2D eigenvalue weighted by molar-refractivity contribution is 5.68. The van der Waals surface area contributed by atoms with Crippen molar-refractivity contribution in [1.29, 1.82) is 5.26 Å². The molecule has 0 saturated heterocycles. The summed E-state index contributed by atoms with van der Waals surface area (Å²) in [5.41, 5.74) is -0.391. The van der Waals surface area contributed by atoms with Crippen molar-refractivity contribution >= 4 is 11.9 Å². The first-order valence-corrected chi connectivity index (χ1v) is 5.90. The molecule has 0 unspecified atom stereocenters. The van der Waals surface area contributed by atoms with Crippen LogP contribution in [0.1, 0.15) is 31.2 Å². The molecule has 1 aromatic rings. The summed E-state index contributed by atoms with van der Waals surface area (Å²) in [5, 5.41) is 27.0. The summed E-state index contributed by atoms with van der Waals surface area (Å²) in [6.07, 6.45) is -0.115. The van der Waals surface area contributed by atoms with Gasteiger partial charge in [0, 0.05) is 12.8 Å². The van der Waals surface area contributed by atoms with Crippen molar-refractivity contribution < 1.29 is 19.8 Å². The molecule has 0 aliphatic rings. The van der Waals surface area contributed by atoms with Crippen LogP contribution in [0, 0.1) is 11.3 Å². The molecule has 0 aromatic heterocycles. The van der Waals surface area contributed by atoms with Crippen molar-refractivity contribution in [3.8, 4) is 6.07 Å². The normalized spacial score (nSPS) is 10.7. The van der Waals surface area contributed by atoms with Crippen molar-refractivity contribution in [3.63, 3.8) is 0 Å². The molecular formula is C14H15NO4. The lowest BCUT2D eigenvalue weighted by Gasteiger charge is -2.26. The number of carboxylic acids is 2. The van der Waals surface area contributed by atoms with Crippen LogP contribution in [0.15, 0.2) is 30.3 Å². The van der Waals surface area contributed by atoms with Gasteiger partial charge in [-0.05, 0) is 18.4 Å². The largest absolute Gasteiger partial charge is 0.481 e. The van der Waals surface area contributed by atoms with Gasteiger partial charge in [-0.2, -0.15) is 5.26 Å². The lowest BCUT2D eigenvalue weighted by molar-refractivity contribution is -0.137. The standard InChI is InChI=1S/C14H15NO4/c15-10-14(8-6-12(16)17,9-7-13(18)19)11-4-2-1-3-5-11/h1-5H,6-9H2,(H,16,17)(H,18,19). The number of aliphatic carboxylic acids is 2. The lowest BCUT2D eigenvalue weighted by atomic mass is 9.74. The van der Waals surface area contributed by atoms with E-state index in [2.05, 4.69) is 6.07 Å². The average Bonchev–Trinajstić information content (AvgIpc) is 2.40. The van der Waals surface area contributed by atoms with Gasteiger partial charge >= 0.3 is 11.9 Å². The van der Waals surface area contributed by atoms with Crippen LogP contribution in [0.2, 0.25) is 0 Å². The number of hydrogen-bond acceptors (Lipinski definition) is 3. The Bertz CT molecular complexity index is 472. The highest BCUT2D eigenvalue weighted by Crippen LogP contribution is 2.33. The van der Waals surface area contributed by atoms with Gasteiger partial charge in [0.2, 0.25) is 0 Å². The fraction of sp³-hybridized carbons (Fsp3) is 0.357. The van der Waals surface area contributed by atoms with Gasteiger partial charge in [-0.1, -0.05) is 30.3 Å². The molecule has 100 valence electrons. The minimum Gasteiger partial charge on any atom is -0.481 e. The summed E-state index contributed by atoms with van der Waals surface area (Å²) in [4.78, 5) is 21.4. The van der Waals surface area contributed by atoms with Crippen molar-refractivity contribution in [3.05, 3.63) is 35.9 Å². The molecule has 0 bridgehead atoms. The zero-order chi connectivity index (χ0) is 14.3. The van der Waals surface area contributed by atoms with E-state index in [1.807, 2.05) is 0 Å². The van der Waals surface area contributed by atoms with E-state index in [9.17, 15) is 14.9 Å². The summed E-state index contributed by atoms with van der Waals surface area (Å²) < 4.78 is 0. The molecule has 0 radical (unpaired) electrons. The SMILES string of the molecule is N#CC(CCC(=O)O)(CCC(=O)O)c1ccccc1. The molecule has 0 saturated carbocycles. The lowest BCUT2D eigenvalue weighted by Crippen LogP contribution is -2.26. The van der Waals surface area contributed by atoms with Gasteiger partial charge in [-0.15, -0.1) is 0 Å². The number of carboxylic acid groups (broad SMARTS) is 2. The molecule has 2 N–H and O–H groups in total. The van der Waals surface area contributed by atoms with E-state index in [-0.39, 0.29) is 25.7 Å². The number of nitrogens with zero attached hydrogens (tertiary/aromatic N) is 1. The highest BCUT2D eigenvalue weighted by Gasteiger charge is 2.33. The number of hydrogen-bond donors (Lipinski definition) is 2. The van der Waals surface area contributed by atoms with E-state index in [1.54, 1.807) is 30.3 Å². The summed E-state index contributed by atoms with van der Waals surface area (Å²) in [5.74, 6) is -1.99. The molecule has 5 nitrogen and oxygen atoms in total. The Hall–Kier alpha value is -2.35. The van der Waals surface area contributed by atoms with Gasteiger partial charge in [0.15, 0.2) is 0 Å². The molecule has 0 aliphatic carbocycles. The summed E-state index contributed by atoms with van der Waals surface area (Å²) in [6, 6.07) is 10.9. The molecule has 0 spiro atoms. The number of rotatable bonds is 7. The topological polar surface area (TPSA) is 98.4 Å². The predicted molar refractivity (Wildman–Crippen MR) is 67.5 cm³/mol. The first kappa shape index (κ1) is 14.7. The molecule has 1 aromatic carbocycles. The molecule has 0 atom stereocenters. The summed E-state index contributed by atoms with van der Waals surface area (Å²) in [7, 11) is 0. The van der Waals surface area contributed by atoms with Gasteiger partial charge in [0.1, 0.15) is 0 Å². The summed E-state index contributed by atoms with van der Waals surface area (Å²) >= 11 is 0. The van der Waals surface area contributed by atoms with Crippen molar-refractivity contribution in [2.75, 3.05) is 0 Å². The second-order valence-corrected chi connectivity index (χ2v) is 4.35. The first-order chi connectivity index (χ1) is 9.00. The van der Waals surface area contributed by atoms with Gasteiger partial charge in [-0.25, -0.2) is 0 Å². The molecule has 5 heteroatoms. The second kappa shape index (κ2) is 6.55. The predicted octanol–water partition coefficient (Wildman–Crippen LogP) is 2.18. The fourth-order valence-electron chi connectivity index (χ4n) is 1.99. The molecule has 0 fully saturated rings. The Labute approximate surface area is 111 Å². The van der Waals surface area contributed by atoms with E-state index < -0.39 is 17.4 Å². The Kier molecular flexibility index (Phi) is 5.07. The number of nitriles is 1. The maximum absolute atomic E-state index is 10.7. The van der Waals surface area contributed by atoms with Crippen molar-refractivity contribution in [1.82, 2.24) is 0 Å². The van der Waals surface area contributed by atoms with Gasteiger partial charge in [-0.3, -0.25) is 9.59 Å². The third kappa shape index (κ3) is 4.11. The third-order valence-corrected chi connectivity index (χ3v) is 3.07. The first-order valence-electron chi connectivity index (χ1n) is 5.90. The van der Waals surface area contributed by atoms with Gasteiger partial charge in [0.25, 0.3) is 0 Å².